The number of ether oxygens (including phenoxy) is 1. The molecule has 3 aromatic rings. The Morgan fingerprint density at radius 2 is 1.88 bits per heavy atom. The molecule has 33 heavy (non-hydrogen) atoms. The molecule has 4 rings (SSSR count). The number of aliphatic hydroxyl groups is 2. The summed E-state index contributed by atoms with van der Waals surface area (Å²) in [5, 5.41) is 19.9. The Morgan fingerprint density at radius 3 is 2.55 bits per heavy atom. The molecule has 1 fully saturated rings. The summed E-state index contributed by atoms with van der Waals surface area (Å²) in [6, 6.07) is 7.28. The van der Waals surface area contributed by atoms with E-state index in [0.29, 0.717) is 31.3 Å². The highest BCUT2D eigenvalue weighted by Gasteiger charge is 2.26. The number of imidazole rings is 1. The lowest BCUT2D eigenvalue weighted by molar-refractivity contribution is 0.0935. The Hall–Kier alpha value is -2.67. The van der Waals surface area contributed by atoms with Crippen LogP contribution in [-0.2, 0) is 13.6 Å². The predicted octanol–water partition coefficient (Wildman–Crippen LogP) is -0.260. The number of nitrogens with one attached hydrogen (secondary N) is 1. The third-order valence-corrected chi connectivity index (χ3v) is 6.24. The number of fused-ring (bicyclic) bond motifs is 1. The molecule has 1 saturated heterocycles. The number of hydrogen-bond acceptors (Lipinski definition) is 8. The van der Waals surface area contributed by atoms with Crippen LogP contribution in [-0.4, -0.2) is 86.3 Å². The van der Waals surface area contributed by atoms with Gasteiger partial charge in [-0.2, -0.15) is 4.98 Å². The zero-order valence-electron chi connectivity index (χ0n) is 18.3. The van der Waals surface area contributed by atoms with Crippen LogP contribution in [0.1, 0.15) is 0 Å². The number of aromatic nitrogens is 4. The average molecular weight is 523 g/mol. The summed E-state index contributed by atoms with van der Waals surface area (Å²) in [6.45, 7) is 3.53. The number of H-pyrrole nitrogens is 1. The van der Waals surface area contributed by atoms with Gasteiger partial charge in [-0.3, -0.25) is 19.2 Å². The van der Waals surface area contributed by atoms with E-state index in [9.17, 15) is 19.8 Å². The fraction of sp³-hybridized carbons (Fsp3) is 0.476. The molecule has 1 aliphatic heterocycles. The van der Waals surface area contributed by atoms with Gasteiger partial charge in [0.25, 0.3) is 5.56 Å². The van der Waals surface area contributed by atoms with E-state index in [1.807, 2.05) is 17.0 Å². The molecular weight excluding hydrogens is 496 g/mol. The molecule has 0 radical (unpaired) electrons. The maximum atomic E-state index is 12.7. The Labute approximate surface area is 198 Å². The summed E-state index contributed by atoms with van der Waals surface area (Å²) in [4.78, 5) is 35.9. The minimum absolute atomic E-state index is 0.0225. The van der Waals surface area contributed by atoms with Gasteiger partial charge in [0.15, 0.2) is 11.2 Å². The van der Waals surface area contributed by atoms with Crippen molar-refractivity contribution in [3.8, 4) is 5.75 Å². The van der Waals surface area contributed by atoms with Crippen LogP contribution >= 0.6 is 15.9 Å². The molecule has 0 amide bonds. The molecule has 0 bridgehead atoms. The highest BCUT2D eigenvalue weighted by molar-refractivity contribution is 9.10. The number of rotatable bonds is 8. The van der Waals surface area contributed by atoms with E-state index in [1.54, 1.807) is 23.7 Å². The number of anilines is 1. The van der Waals surface area contributed by atoms with E-state index >= 15 is 0 Å². The van der Waals surface area contributed by atoms with Crippen LogP contribution in [0.2, 0.25) is 0 Å². The zero-order chi connectivity index (χ0) is 23.5. The Balaban J connectivity index is 1.61. The van der Waals surface area contributed by atoms with E-state index in [1.165, 1.54) is 4.57 Å². The molecule has 1 aromatic carbocycles. The first-order valence-corrected chi connectivity index (χ1v) is 11.5. The van der Waals surface area contributed by atoms with Gasteiger partial charge in [-0.05, 0) is 24.3 Å². The second-order valence-electron chi connectivity index (χ2n) is 7.98. The van der Waals surface area contributed by atoms with Gasteiger partial charge >= 0.3 is 5.69 Å². The van der Waals surface area contributed by atoms with Crippen molar-refractivity contribution in [2.75, 3.05) is 50.8 Å². The molecule has 2 aromatic heterocycles. The molecule has 0 unspecified atom stereocenters. The van der Waals surface area contributed by atoms with Crippen LogP contribution in [0, 0.1) is 0 Å². The number of hydrogen-bond donors (Lipinski definition) is 3. The first kappa shape index (κ1) is 23.5. The second kappa shape index (κ2) is 10.1. The smallest absolute Gasteiger partial charge is 0.329 e. The van der Waals surface area contributed by atoms with Gasteiger partial charge in [0, 0.05) is 44.2 Å². The molecule has 0 saturated carbocycles. The highest BCUT2D eigenvalue weighted by Crippen LogP contribution is 2.22. The third-order valence-electron chi connectivity index (χ3n) is 5.71. The van der Waals surface area contributed by atoms with Crippen molar-refractivity contribution in [2.45, 2.75) is 12.6 Å². The molecule has 12 heteroatoms. The molecule has 0 spiro atoms. The Bertz CT molecular complexity index is 1210. The van der Waals surface area contributed by atoms with E-state index in [4.69, 9.17) is 4.74 Å². The summed E-state index contributed by atoms with van der Waals surface area (Å²) in [7, 11) is 1.55. The minimum atomic E-state index is -0.919. The lowest BCUT2D eigenvalue weighted by Crippen LogP contribution is -2.48. The van der Waals surface area contributed by atoms with E-state index in [0.717, 1.165) is 17.6 Å². The highest BCUT2D eigenvalue weighted by atomic mass is 79.9. The number of nitrogens with zero attached hydrogens (tertiary/aromatic N) is 5. The molecule has 11 nitrogen and oxygen atoms in total. The van der Waals surface area contributed by atoms with Crippen molar-refractivity contribution >= 4 is 33.0 Å². The predicted molar refractivity (Wildman–Crippen MR) is 127 cm³/mol. The fourth-order valence-electron chi connectivity index (χ4n) is 3.94. The fourth-order valence-corrected chi connectivity index (χ4v) is 4.20. The first-order chi connectivity index (χ1) is 15.9. The largest absolute Gasteiger partial charge is 0.491 e. The first-order valence-electron chi connectivity index (χ1n) is 10.7. The number of benzene rings is 1. The maximum Gasteiger partial charge on any atom is 0.329 e. The Kier molecular flexibility index (Phi) is 7.17. The van der Waals surface area contributed by atoms with Crippen LogP contribution in [0.15, 0.2) is 38.3 Å². The second-order valence-corrected chi connectivity index (χ2v) is 8.90. The van der Waals surface area contributed by atoms with Crippen molar-refractivity contribution in [1.29, 1.82) is 0 Å². The van der Waals surface area contributed by atoms with Crippen LogP contribution < -0.4 is 20.9 Å². The van der Waals surface area contributed by atoms with Gasteiger partial charge in [0.2, 0.25) is 5.95 Å². The lowest BCUT2D eigenvalue weighted by Gasteiger charge is -2.35. The number of aromatic amines is 1. The number of aryl methyl sites for hydroxylation is 1. The quantitative estimate of drug-likeness (QED) is 0.369. The monoisotopic (exact) mass is 522 g/mol. The summed E-state index contributed by atoms with van der Waals surface area (Å²) >= 11 is 3.37. The van der Waals surface area contributed by atoms with Crippen molar-refractivity contribution < 1.29 is 14.9 Å². The zero-order valence-corrected chi connectivity index (χ0v) is 19.9. The van der Waals surface area contributed by atoms with E-state index in [2.05, 4.69) is 30.8 Å². The van der Waals surface area contributed by atoms with Crippen molar-refractivity contribution in [3.05, 3.63) is 49.6 Å². The SMILES string of the molecule is Cn1c(=O)[nH]c(=O)c2c1nc(N1CCN(CCO)CC1)n2C[C@@H](O)COc1ccc(Br)cc1. The minimum Gasteiger partial charge on any atom is -0.491 e. The van der Waals surface area contributed by atoms with Gasteiger partial charge in [0.1, 0.15) is 18.5 Å². The topological polar surface area (TPSA) is 129 Å². The molecule has 1 aliphatic rings. The molecular formula is C21H27BrN6O5. The summed E-state index contributed by atoms with van der Waals surface area (Å²) < 4.78 is 9.57. The van der Waals surface area contributed by atoms with Crippen LogP contribution in [0.3, 0.4) is 0 Å². The number of halogens is 1. The molecule has 0 aliphatic carbocycles. The van der Waals surface area contributed by atoms with Gasteiger partial charge in [0.05, 0.1) is 13.2 Å². The number of aliphatic hydroxyl groups excluding tert-OH is 2. The third kappa shape index (κ3) is 5.13. The molecule has 178 valence electrons. The average Bonchev–Trinajstić information content (AvgIpc) is 3.17. The van der Waals surface area contributed by atoms with Gasteiger partial charge in [-0.15, -0.1) is 0 Å². The number of β-amino-alcohol motifs (C(OH)–C–C–N with tert-alkyl or cyclic N) is 1. The van der Waals surface area contributed by atoms with Crippen molar-refractivity contribution in [2.24, 2.45) is 7.05 Å². The van der Waals surface area contributed by atoms with E-state index < -0.39 is 17.4 Å². The van der Waals surface area contributed by atoms with Crippen molar-refractivity contribution in [3.63, 3.8) is 0 Å². The lowest BCUT2D eigenvalue weighted by atomic mass is 10.3. The van der Waals surface area contributed by atoms with Crippen LogP contribution in [0.5, 0.6) is 5.75 Å². The summed E-state index contributed by atoms with van der Waals surface area (Å²) in [5.74, 6) is 1.14. The Morgan fingerprint density at radius 1 is 1.18 bits per heavy atom. The molecule has 3 N–H and O–H groups in total. The van der Waals surface area contributed by atoms with Crippen LogP contribution in [0.25, 0.3) is 11.2 Å². The van der Waals surface area contributed by atoms with Gasteiger partial charge in [-0.1, -0.05) is 15.9 Å². The summed E-state index contributed by atoms with van der Waals surface area (Å²) in [5.41, 5.74) is -0.604. The molecule has 1 atom stereocenters. The normalized spacial score (nSPS) is 15.8. The standard InChI is InChI=1S/C21H27BrN6O5/c1-25-18-17(19(31)24-21(25)32)28(12-15(30)13-33-16-4-2-14(22)3-5-16)20(23-18)27-8-6-26(7-9-27)10-11-29/h2-5,15,29-30H,6-13H2,1H3,(H,24,31,32)/t15-/m1/s1. The van der Waals surface area contributed by atoms with Gasteiger partial charge in [-0.25, -0.2) is 4.79 Å². The molecule has 3 heterocycles. The van der Waals surface area contributed by atoms with Crippen molar-refractivity contribution in [1.82, 2.24) is 24.0 Å². The van der Waals surface area contributed by atoms with Crippen LogP contribution in [0.4, 0.5) is 5.95 Å². The van der Waals surface area contributed by atoms with E-state index in [-0.39, 0.29) is 30.9 Å². The number of piperazine rings is 1. The summed E-state index contributed by atoms with van der Waals surface area (Å²) in [6.07, 6.45) is -0.919. The maximum absolute atomic E-state index is 12.7. The van der Waals surface area contributed by atoms with Gasteiger partial charge < -0.3 is 24.4 Å².